The first-order chi connectivity index (χ1) is 9.95. The molecule has 2 amide bonds. The molecule has 5 N–H and O–H groups in total. The first kappa shape index (κ1) is 15.1. The van der Waals surface area contributed by atoms with Crippen molar-refractivity contribution in [1.29, 1.82) is 0 Å². The smallest absolute Gasteiger partial charge is 0.339 e. The number of urea groups is 1. The molecule has 0 atom stereocenters. The Labute approximate surface area is 121 Å². The van der Waals surface area contributed by atoms with Crippen LogP contribution < -0.4 is 10.6 Å². The standard InChI is InChI=1S/C14H18N2O5/c17-10-4-1-8(2-5-10)15-14(21)16-9-3-6-12(18)11(7-9)13(19)20/h3,6-8,10,17-18H,1-2,4-5H2,(H,19,20)(H2,15,16,21). The maximum atomic E-state index is 11.8. The minimum Gasteiger partial charge on any atom is -0.507 e. The number of hydrogen-bond donors (Lipinski definition) is 5. The van der Waals surface area contributed by atoms with Crippen LogP contribution in [0.25, 0.3) is 0 Å². The number of aromatic carboxylic acids is 1. The van der Waals surface area contributed by atoms with Crippen LogP contribution in [0.3, 0.4) is 0 Å². The molecule has 2 rings (SSSR count). The lowest BCUT2D eigenvalue weighted by atomic mass is 9.93. The van der Waals surface area contributed by atoms with E-state index in [0.29, 0.717) is 31.4 Å². The second-order valence-electron chi connectivity index (χ2n) is 5.14. The number of hydrogen-bond acceptors (Lipinski definition) is 4. The van der Waals surface area contributed by atoms with Gasteiger partial charge in [-0.2, -0.15) is 0 Å². The van der Waals surface area contributed by atoms with Crippen molar-refractivity contribution in [3.05, 3.63) is 23.8 Å². The summed E-state index contributed by atoms with van der Waals surface area (Å²) in [5.41, 5.74) is 0.0205. The summed E-state index contributed by atoms with van der Waals surface area (Å²) in [7, 11) is 0. The molecule has 1 aromatic carbocycles. The van der Waals surface area contributed by atoms with E-state index in [1.54, 1.807) is 0 Å². The Bertz CT molecular complexity index is 538. The fraction of sp³-hybridized carbons (Fsp3) is 0.429. The van der Waals surface area contributed by atoms with Crippen molar-refractivity contribution in [1.82, 2.24) is 5.32 Å². The molecule has 0 bridgehead atoms. The van der Waals surface area contributed by atoms with Gasteiger partial charge in [-0.1, -0.05) is 0 Å². The van der Waals surface area contributed by atoms with Crippen LogP contribution in [0.5, 0.6) is 5.75 Å². The maximum absolute atomic E-state index is 11.8. The number of nitrogens with one attached hydrogen (secondary N) is 2. The molecule has 1 aromatic rings. The third-order valence-electron chi connectivity index (χ3n) is 3.52. The molecule has 114 valence electrons. The predicted octanol–water partition coefficient (Wildman–Crippen LogP) is 1.52. The third-order valence-corrected chi connectivity index (χ3v) is 3.52. The number of carbonyl (C=O) groups excluding carboxylic acids is 1. The van der Waals surface area contributed by atoms with Crippen molar-refractivity contribution >= 4 is 17.7 Å². The van der Waals surface area contributed by atoms with Gasteiger partial charge >= 0.3 is 12.0 Å². The first-order valence-corrected chi connectivity index (χ1v) is 6.77. The molecule has 0 aromatic heterocycles. The molecule has 21 heavy (non-hydrogen) atoms. The van der Waals surface area contributed by atoms with Gasteiger partial charge in [-0.25, -0.2) is 9.59 Å². The van der Waals surface area contributed by atoms with Crippen molar-refractivity contribution in [2.24, 2.45) is 0 Å². The summed E-state index contributed by atoms with van der Waals surface area (Å²) < 4.78 is 0. The summed E-state index contributed by atoms with van der Waals surface area (Å²) in [6.45, 7) is 0. The topological polar surface area (TPSA) is 119 Å². The Morgan fingerprint density at radius 3 is 2.43 bits per heavy atom. The highest BCUT2D eigenvalue weighted by molar-refractivity contribution is 5.95. The van der Waals surface area contributed by atoms with Gasteiger partial charge < -0.3 is 26.0 Å². The Morgan fingerprint density at radius 2 is 1.81 bits per heavy atom. The fourth-order valence-electron chi connectivity index (χ4n) is 2.36. The number of carboxylic acids is 1. The van der Waals surface area contributed by atoms with Crippen molar-refractivity contribution < 1.29 is 24.9 Å². The normalized spacial score (nSPS) is 21.6. The second-order valence-corrected chi connectivity index (χ2v) is 5.14. The maximum Gasteiger partial charge on any atom is 0.339 e. The molecule has 0 spiro atoms. The average Bonchev–Trinajstić information content (AvgIpc) is 2.43. The van der Waals surface area contributed by atoms with E-state index in [0.717, 1.165) is 0 Å². The quantitative estimate of drug-likeness (QED) is 0.541. The lowest BCUT2D eigenvalue weighted by Crippen LogP contribution is -2.40. The van der Waals surface area contributed by atoms with Crippen molar-refractivity contribution in [2.75, 3.05) is 5.32 Å². The molecule has 0 aliphatic heterocycles. The molecule has 7 heteroatoms. The second kappa shape index (κ2) is 6.45. The first-order valence-electron chi connectivity index (χ1n) is 6.77. The summed E-state index contributed by atoms with van der Waals surface area (Å²) in [5, 5.41) is 33.0. The highest BCUT2D eigenvalue weighted by atomic mass is 16.4. The molecule has 1 aliphatic rings. The molecule has 0 unspecified atom stereocenters. The zero-order valence-electron chi connectivity index (χ0n) is 11.4. The number of amides is 2. The highest BCUT2D eigenvalue weighted by Gasteiger charge is 2.21. The van der Waals surface area contributed by atoms with Crippen LogP contribution in [0.1, 0.15) is 36.0 Å². The van der Waals surface area contributed by atoms with E-state index in [9.17, 15) is 19.8 Å². The van der Waals surface area contributed by atoms with Gasteiger partial charge in [0.05, 0.1) is 6.10 Å². The molecule has 1 aliphatic carbocycles. The summed E-state index contributed by atoms with van der Waals surface area (Å²) in [4.78, 5) is 22.7. The zero-order valence-corrected chi connectivity index (χ0v) is 11.4. The summed E-state index contributed by atoms with van der Waals surface area (Å²) in [5.74, 6) is -1.62. The fourth-order valence-corrected chi connectivity index (χ4v) is 2.36. The summed E-state index contributed by atoms with van der Waals surface area (Å²) in [6, 6.07) is 3.41. The number of carbonyl (C=O) groups is 2. The molecular weight excluding hydrogens is 276 g/mol. The van der Waals surface area contributed by atoms with Crippen LogP contribution in [-0.4, -0.2) is 39.5 Å². The van der Waals surface area contributed by atoms with E-state index in [-0.39, 0.29) is 23.5 Å². The molecule has 0 heterocycles. The van der Waals surface area contributed by atoms with Gasteiger partial charge in [-0.15, -0.1) is 0 Å². The number of rotatable bonds is 3. The Balaban J connectivity index is 1.93. The van der Waals surface area contributed by atoms with Gasteiger partial charge in [-0.3, -0.25) is 0 Å². The van der Waals surface area contributed by atoms with E-state index >= 15 is 0 Å². The minimum absolute atomic E-state index is 0.00413. The lowest BCUT2D eigenvalue weighted by molar-refractivity contribution is 0.0693. The van der Waals surface area contributed by atoms with E-state index in [1.807, 2.05) is 0 Å². The predicted molar refractivity (Wildman–Crippen MR) is 75.5 cm³/mol. The summed E-state index contributed by atoms with van der Waals surface area (Å²) >= 11 is 0. The van der Waals surface area contributed by atoms with Gasteiger partial charge in [0.1, 0.15) is 11.3 Å². The largest absolute Gasteiger partial charge is 0.507 e. The number of aliphatic hydroxyl groups is 1. The number of aliphatic hydroxyl groups excluding tert-OH is 1. The number of benzene rings is 1. The number of phenols is 1. The molecule has 1 saturated carbocycles. The molecule has 7 nitrogen and oxygen atoms in total. The average molecular weight is 294 g/mol. The lowest BCUT2D eigenvalue weighted by Gasteiger charge is -2.26. The molecular formula is C14H18N2O5. The van der Waals surface area contributed by atoms with Gasteiger partial charge in [0, 0.05) is 11.7 Å². The van der Waals surface area contributed by atoms with Crippen LogP contribution >= 0.6 is 0 Å². The third kappa shape index (κ3) is 4.09. The van der Waals surface area contributed by atoms with Crippen molar-refractivity contribution in [2.45, 2.75) is 37.8 Å². The van der Waals surface area contributed by atoms with E-state index in [4.69, 9.17) is 5.11 Å². The van der Waals surface area contributed by atoms with E-state index < -0.39 is 12.0 Å². The van der Waals surface area contributed by atoms with E-state index in [2.05, 4.69) is 10.6 Å². The van der Waals surface area contributed by atoms with Crippen LogP contribution in [0.4, 0.5) is 10.5 Å². The monoisotopic (exact) mass is 294 g/mol. The van der Waals surface area contributed by atoms with Crippen LogP contribution in [0.15, 0.2) is 18.2 Å². The van der Waals surface area contributed by atoms with Gasteiger partial charge in [0.15, 0.2) is 0 Å². The molecule has 0 radical (unpaired) electrons. The Morgan fingerprint density at radius 1 is 1.14 bits per heavy atom. The Kier molecular flexibility index (Phi) is 4.64. The SMILES string of the molecule is O=C(Nc1ccc(O)c(C(=O)O)c1)NC1CCC(O)CC1. The van der Waals surface area contributed by atoms with Crippen molar-refractivity contribution in [3.63, 3.8) is 0 Å². The highest BCUT2D eigenvalue weighted by Crippen LogP contribution is 2.22. The number of carboxylic acid groups (broad SMARTS) is 1. The van der Waals surface area contributed by atoms with Gasteiger partial charge in [0.25, 0.3) is 0 Å². The Hall–Kier alpha value is -2.28. The van der Waals surface area contributed by atoms with Gasteiger partial charge in [0.2, 0.25) is 0 Å². The minimum atomic E-state index is -1.27. The molecule has 0 saturated heterocycles. The van der Waals surface area contributed by atoms with Gasteiger partial charge in [-0.05, 0) is 43.9 Å². The van der Waals surface area contributed by atoms with Crippen LogP contribution in [0.2, 0.25) is 0 Å². The molecule has 1 fully saturated rings. The number of aromatic hydroxyl groups is 1. The van der Waals surface area contributed by atoms with Crippen molar-refractivity contribution in [3.8, 4) is 5.75 Å². The van der Waals surface area contributed by atoms with Crippen LogP contribution in [0, 0.1) is 0 Å². The number of anilines is 1. The zero-order chi connectivity index (χ0) is 15.4. The van der Waals surface area contributed by atoms with Crippen LogP contribution in [-0.2, 0) is 0 Å². The van der Waals surface area contributed by atoms with E-state index in [1.165, 1.54) is 18.2 Å². The summed E-state index contributed by atoms with van der Waals surface area (Å²) in [6.07, 6.45) is 2.46.